The summed E-state index contributed by atoms with van der Waals surface area (Å²) in [5.41, 5.74) is -0.508. The molecule has 0 aliphatic rings. The molecule has 0 saturated heterocycles. The van der Waals surface area contributed by atoms with Crippen molar-refractivity contribution in [3.8, 4) is 0 Å². The molecule has 0 saturated carbocycles. The number of ether oxygens (including phenoxy) is 1. The summed E-state index contributed by atoms with van der Waals surface area (Å²) in [6, 6.07) is 3.13. The molecule has 1 amide bonds. The summed E-state index contributed by atoms with van der Waals surface area (Å²) in [6.07, 6.45) is -1.00. The van der Waals surface area contributed by atoms with Crippen molar-refractivity contribution in [1.29, 1.82) is 0 Å². The Kier molecular flexibility index (Phi) is 5.94. The molecule has 0 unspecified atom stereocenters. The number of carboxylic acid groups (broad SMARTS) is 1. The Morgan fingerprint density at radius 2 is 2.05 bits per heavy atom. The van der Waals surface area contributed by atoms with Crippen molar-refractivity contribution in [1.82, 2.24) is 5.32 Å². The van der Waals surface area contributed by atoms with E-state index >= 15 is 0 Å². The molecule has 7 heteroatoms. The zero-order chi connectivity index (χ0) is 16.2. The van der Waals surface area contributed by atoms with E-state index < -0.39 is 29.5 Å². The third-order valence-corrected chi connectivity index (χ3v) is 3.09. The average Bonchev–Trinajstić information content (AvgIpc) is 2.30. The summed E-state index contributed by atoms with van der Waals surface area (Å²) in [5, 5.41) is 11.4. The van der Waals surface area contributed by atoms with Crippen LogP contribution in [0.5, 0.6) is 0 Å². The number of carbonyl (C=O) groups excluding carboxylic acids is 1. The van der Waals surface area contributed by atoms with Crippen molar-refractivity contribution in [3.05, 3.63) is 33.1 Å². The van der Waals surface area contributed by atoms with Crippen LogP contribution in [0.2, 0.25) is 0 Å². The molecule has 0 aliphatic heterocycles. The Bertz CT molecular complexity index is 542. The minimum atomic E-state index is -1.26. The van der Waals surface area contributed by atoms with Crippen molar-refractivity contribution in [2.75, 3.05) is 0 Å². The Morgan fingerprint density at radius 1 is 1.43 bits per heavy atom. The minimum absolute atomic E-state index is 0.156. The van der Waals surface area contributed by atoms with Crippen molar-refractivity contribution < 1.29 is 23.8 Å². The maximum absolute atomic E-state index is 13.7. The number of hydrogen-bond acceptors (Lipinski definition) is 3. The molecule has 21 heavy (non-hydrogen) atoms. The first-order chi connectivity index (χ1) is 9.58. The molecular formula is C14H17FINO4. The van der Waals surface area contributed by atoms with E-state index in [0.29, 0.717) is 0 Å². The molecule has 0 fully saturated rings. The summed E-state index contributed by atoms with van der Waals surface area (Å²) < 4.78 is 19.4. The zero-order valence-electron chi connectivity index (χ0n) is 11.9. The van der Waals surface area contributed by atoms with Crippen LogP contribution >= 0.6 is 22.6 Å². The number of carboxylic acids is 1. The van der Waals surface area contributed by atoms with Gasteiger partial charge in [-0.1, -0.05) is 0 Å². The molecule has 0 aliphatic carbocycles. The highest BCUT2D eigenvalue weighted by Crippen LogP contribution is 2.15. The first-order valence-electron chi connectivity index (χ1n) is 6.25. The Morgan fingerprint density at radius 3 is 2.57 bits per heavy atom. The van der Waals surface area contributed by atoms with Crippen molar-refractivity contribution in [2.45, 2.75) is 38.8 Å². The summed E-state index contributed by atoms with van der Waals surface area (Å²) >= 11 is 2.00. The summed E-state index contributed by atoms with van der Waals surface area (Å²) in [6.45, 7) is 5.00. The van der Waals surface area contributed by atoms with Crippen LogP contribution in [-0.2, 0) is 16.0 Å². The number of carbonyl (C=O) groups is 2. The molecule has 116 valence electrons. The maximum Gasteiger partial charge on any atom is 0.408 e. The lowest BCUT2D eigenvalue weighted by Gasteiger charge is -2.22. The average molecular weight is 409 g/mol. The van der Waals surface area contributed by atoms with E-state index in [1.54, 1.807) is 32.9 Å². The summed E-state index contributed by atoms with van der Waals surface area (Å²) in [7, 11) is 0. The molecular weight excluding hydrogens is 392 g/mol. The van der Waals surface area contributed by atoms with Crippen LogP contribution in [0.1, 0.15) is 26.3 Å². The van der Waals surface area contributed by atoms with Gasteiger partial charge >= 0.3 is 12.1 Å². The van der Waals surface area contributed by atoms with Gasteiger partial charge in [-0.05, 0) is 67.1 Å². The van der Waals surface area contributed by atoms with Gasteiger partial charge in [-0.25, -0.2) is 14.0 Å². The summed E-state index contributed by atoms with van der Waals surface area (Å²) in [4.78, 5) is 22.8. The largest absolute Gasteiger partial charge is 0.480 e. The van der Waals surface area contributed by atoms with E-state index in [2.05, 4.69) is 5.32 Å². The van der Waals surface area contributed by atoms with E-state index in [1.165, 1.54) is 6.07 Å². The molecule has 0 spiro atoms. The Balaban J connectivity index is 2.81. The number of alkyl carbamates (subject to hydrolysis) is 1. The molecule has 1 aromatic rings. The van der Waals surface area contributed by atoms with Gasteiger partial charge in [0.1, 0.15) is 17.5 Å². The van der Waals surface area contributed by atoms with Crippen molar-refractivity contribution >= 4 is 34.7 Å². The van der Waals surface area contributed by atoms with Gasteiger partial charge in [-0.15, -0.1) is 0 Å². The molecule has 1 rings (SSSR count). The van der Waals surface area contributed by atoms with Crippen molar-refractivity contribution in [3.63, 3.8) is 0 Å². The number of halogens is 2. The molecule has 0 radical (unpaired) electrons. The second-order valence-corrected chi connectivity index (χ2v) is 6.72. The van der Waals surface area contributed by atoms with E-state index in [-0.39, 0.29) is 12.0 Å². The second-order valence-electron chi connectivity index (χ2n) is 5.48. The number of rotatable bonds is 4. The third kappa shape index (κ3) is 6.28. The number of aliphatic carboxylic acids is 1. The number of hydrogen-bond donors (Lipinski definition) is 2. The fourth-order valence-corrected chi connectivity index (χ4v) is 2.13. The van der Waals surface area contributed by atoms with Gasteiger partial charge in [0.05, 0.1) is 0 Å². The van der Waals surface area contributed by atoms with Crippen LogP contribution in [0.15, 0.2) is 18.2 Å². The highest BCUT2D eigenvalue weighted by atomic mass is 127. The quantitative estimate of drug-likeness (QED) is 0.750. The van der Waals surface area contributed by atoms with Gasteiger partial charge in [-0.2, -0.15) is 0 Å². The first kappa shape index (κ1) is 17.7. The Hall–Kier alpha value is -1.38. The zero-order valence-corrected chi connectivity index (χ0v) is 14.1. The SMILES string of the molecule is CC(C)(C)OC(=O)N[C@@H](Cc1cc(I)ccc1F)C(=O)O. The van der Waals surface area contributed by atoms with Crippen LogP contribution in [0.3, 0.4) is 0 Å². The molecule has 0 bridgehead atoms. The molecule has 1 aromatic carbocycles. The van der Waals surface area contributed by atoms with E-state index in [1.807, 2.05) is 22.6 Å². The van der Waals surface area contributed by atoms with Crippen LogP contribution in [0.25, 0.3) is 0 Å². The van der Waals surface area contributed by atoms with Gasteiger partial charge < -0.3 is 15.2 Å². The fraction of sp³-hybridized carbons (Fsp3) is 0.429. The lowest BCUT2D eigenvalue weighted by atomic mass is 10.1. The highest BCUT2D eigenvalue weighted by molar-refractivity contribution is 14.1. The lowest BCUT2D eigenvalue weighted by molar-refractivity contribution is -0.139. The standard InChI is InChI=1S/C14H17FINO4/c1-14(2,3)21-13(20)17-11(12(18)19)7-8-6-9(16)4-5-10(8)15/h4-6,11H,7H2,1-3H3,(H,17,20)(H,18,19)/t11-/m0/s1. The maximum atomic E-state index is 13.7. The number of nitrogens with one attached hydrogen (secondary N) is 1. The van der Waals surface area contributed by atoms with Gasteiger partial charge in [-0.3, -0.25) is 0 Å². The van der Waals surface area contributed by atoms with Gasteiger partial charge in [0, 0.05) is 9.99 Å². The van der Waals surface area contributed by atoms with Crippen LogP contribution < -0.4 is 5.32 Å². The first-order valence-corrected chi connectivity index (χ1v) is 7.32. The normalized spacial score (nSPS) is 12.6. The van der Waals surface area contributed by atoms with E-state index in [4.69, 9.17) is 9.84 Å². The van der Waals surface area contributed by atoms with Gasteiger partial charge in [0.15, 0.2) is 0 Å². The Labute approximate surface area is 136 Å². The fourth-order valence-electron chi connectivity index (χ4n) is 1.57. The molecule has 1 atom stereocenters. The number of amides is 1. The van der Waals surface area contributed by atoms with Crippen LogP contribution in [0, 0.1) is 9.39 Å². The van der Waals surface area contributed by atoms with E-state index in [0.717, 1.165) is 3.57 Å². The molecule has 0 aromatic heterocycles. The van der Waals surface area contributed by atoms with Gasteiger partial charge in [0.25, 0.3) is 0 Å². The summed E-state index contributed by atoms with van der Waals surface area (Å²) in [5.74, 6) is -1.76. The predicted molar refractivity (Wildman–Crippen MR) is 83.6 cm³/mol. The third-order valence-electron chi connectivity index (χ3n) is 2.42. The second kappa shape index (κ2) is 7.06. The van der Waals surface area contributed by atoms with E-state index in [9.17, 15) is 14.0 Å². The molecule has 5 nitrogen and oxygen atoms in total. The highest BCUT2D eigenvalue weighted by Gasteiger charge is 2.25. The number of benzene rings is 1. The topological polar surface area (TPSA) is 75.6 Å². The monoisotopic (exact) mass is 409 g/mol. The van der Waals surface area contributed by atoms with Crippen LogP contribution in [0.4, 0.5) is 9.18 Å². The van der Waals surface area contributed by atoms with Crippen LogP contribution in [-0.4, -0.2) is 28.8 Å². The lowest BCUT2D eigenvalue weighted by Crippen LogP contribution is -2.44. The smallest absolute Gasteiger partial charge is 0.408 e. The minimum Gasteiger partial charge on any atom is -0.480 e. The predicted octanol–water partition coefficient (Wildman–Crippen LogP) is 2.95. The van der Waals surface area contributed by atoms with Crippen molar-refractivity contribution in [2.24, 2.45) is 0 Å². The molecule has 0 heterocycles. The molecule has 2 N–H and O–H groups in total. The van der Waals surface area contributed by atoms with Gasteiger partial charge in [0.2, 0.25) is 0 Å².